The van der Waals surface area contributed by atoms with Crippen LogP contribution in [0.3, 0.4) is 0 Å². The van der Waals surface area contributed by atoms with Gasteiger partial charge in [-0.3, -0.25) is 9.69 Å². The molecule has 1 amide bonds. The Hall–Kier alpha value is -1.27. The zero-order valence-electron chi connectivity index (χ0n) is 14.6. The molecule has 0 bridgehead atoms. The van der Waals surface area contributed by atoms with Crippen LogP contribution in [-0.2, 0) is 4.79 Å². The Morgan fingerprint density at radius 1 is 1.25 bits per heavy atom. The molecular formula is C18H28N4OS. The quantitative estimate of drug-likeness (QED) is 0.784. The van der Waals surface area contributed by atoms with Gasteiger partial charge in [0.15, 0.2) is 0 Å². The van der Waals surface area contributed by atoms with E-state index >= 15 is 0 Å². The van der Waals surface area contributed by atoms with E-state index in [4.69, 9.17) is 0 Å². The highest BCUT2D eigenvalue weighted by Crippen LogP contribution is 2.20. The number of carbonyl (C=O) groups is 1. The van der Waals surface area contributed by atoms with E-state index in [0.29, 0.717) is 18.2 Å². The first-order chi connectivity index (χ1) is 11.8. The minimum absolute atomic E-state index is 0.339. The number of hydrogen-bond donors (Lipinski definition) is 0. The summed E-state index contributed by atoms with van der Waals surface area (Å²) >= 11 is 1.89. The SMILES string of the molecule is CSCC1CCN(C(=O)CCN2CCN(c3ccccn3)CC2)C1. The molecule has 24 heavy (non-hydrogen) atoms. The normalized spacial score (nSPS) is 22.1. The maximum atomic E-state index is 12.4. The van der Waals surface area contributed by atoms with Crippen molar-refractivity contribution in [1.29, 1.82) is 0 Å². The number of carbonyl (C=O) groups excluding carboxylic acids is 1. The summed E-state index contributed by atoms with van der Waals surface area (Å²) in [5, 5.41) is 0. The topological polar surface area (TPSA) is 39.7 Å². The maximum Gasteiger partial charge on any atom is 0.223 e. The van der Waals surface area contributed by atoms with Crippen molar-refractivity contribution in [1.82, 2.24) is 14.8 Å². The highest BCUT2D eigenvalue weighted by molar-refractivity contribution is 7.98. The van der Waals surface area contributed by atoms with Crippen LogP contribution in [0, 0.1) is 5.92 Å². The number of nitrogens with zero attached hydrogens (tertiary/aromatic N) is 4. The summed E-state index contributed by atoms with van der Waals surface area (Å²) in [6, 6.07) is 6.05. The van der Waals surface area contributed by atoms with Crippen LogP contribution >= 0.6 is 11.8 Å². The first-order valence-electron chi connectivity index (χ1n) is 8.91. The fraction of sp³-hybridized carbons (Fsp3) is 0.667. The van der Waals surface area contributed by atoms with Crippen molar-refractivity contribution in [3.05, 3.63) is 24.4 Å². The molecule has 6 heteroatoms. The number of rotatable bonds is 6. The summed E-state index contributed by atoms with van der Waals surface area (Å²) in [6.45, 7) is 6.82. The third kappa shape index (κ3) is 4.63. The van der Waals surface area contributed by atoms with E-state index in [1.165, 1.54) is 12.2 Å². The zero-order valence-corrected chi connectivity index (χ0v) is 15.4. The molecule has 1 atom stereocenters. The second kappa shape index (κ2) is 8.72. The van der Waals surface area contributed by atoms with Crippen LogP contribution in [0.2, 0.25) is 0 Å². The number of aromatic nitrogens is 1. The van der Waals surface area contributed by atoms with Crippen molar-refractivity contribution in [2.75, 3.05) is 62.7 Å². The van der Waals surface area contributed by atoms with Crippen LogP contribution < -0.4 is 4.90 Å². The van der Waals surface area contributed by atoms with Crippen LogP contribution in [0.1, 0.15) is 12.8 Å². The van der Waals surface area contributed by atoms with E-state index in [9.17, 15) is 4.79 Å². The van der Waals surface area contributed by atoms with Gasteiger partial charge in [0.25, 0.3) is 0 Å². The first-order valence-corrected chi connectivity index (χ1v) is 10.3. The smallest absolute Gasteiger partial charge is 0.223 e. The number of anilines is 1. The van der Waals surface area contributed by atoms with Crippen LogP contribution in [0.15, 0.2) is 24.4 Å². The molecule has 3 heterocycles. The van der Waals surface area contributed by atoms with Gasteiger partial charge < -0.3 is 9.80 Å². The average molecular weight is 349 g/mol. The Morgan fingerprint density at radius 3 is 2.79 bits per heavy atom. The number of thioether (sulfide) groups is 1. The van der Waals surface area contributed by atoms with Crippen molar-refractivity contribution in [2.45, 2.75) is 12.8 Å². The van der Waals surface area contributed by atoms with Gasteiger partial charge in [-0.15, -0.1) is 0 Å². The van der Waals surface area contributed by atoms with E-state index in [2.05, 4.69) is 32.0 Å². The Bertz CT molecular complexity index is 519. The van der Waals surface area contributed by atoms with Gasteiger partial charge in [0.2, 0.25) is 5.91 Å². The number of likely N-dealkylation sites (tertiary alicyclic amines) is 1. The molecule has 0 N–H and O–H groups in total. The van der Waals surface area contributed by atoms with Gasteiger partial charge in [0.05, 0.1) is 0 Å². The van der Waals surface area contributed by atoms with Crippen molar-refractivity contribution < 1.29 is 4.79 Å². The van der Waals surface area contributed by atoms with E-state index in [1.807, 2.05) is 30.1 Å². The Labute approximate surface area is 149 Å². The predicted octanol–water partition coefficient (Wildman–Crippen LogP) is 1.81. The molecule has 0 aliphatic carbocycles. The molecule has 0 aromatic carbocycles. The molecule has 2 saturated heterocycles. The second-order valence-electron chi connectivity index (χ2n) is 6.72. The van der Waals surface area contributed by atoms with Crippen molar-refractivity contribution >= 4 is 23.5 Å². The molecule has 2 fully saturated rings. The minimum Gasteiger partial charge on any atom is -0.354 e. The summed E-state index contributed by atoms with van der Waals surface area (Å²) in [7, 11) is 0. The lowest BCUT2D eigenvalue weighted by atomic mass is 10.2. The molecule has 1 aromatic rings. The lowest BCUT2D eigenvalue weighted by Crippen LogP contribution is -2.47. The molecule has 0 spiro atoms. The monoisotopic (exact) mass is 348 g/mol. The van der Waals surface area contributed by atoms with Gasteiger partial charge in [0, 0.05) is 58.4 Å². The zero-order chi connectivity index (χ0) is 16.8. The second-order valence-corrected chi connectivity index (χ2v) is 7.63. The minimum atomic E-state index is 0.339. The van der Waals surface area contributed by atoms with Gasteiger partial charge in [-0.05, 0) is 36.5 Å². The van der Waals surface area contributed by atoms with Crippen LogP contribution in [0.4, 0.5) is 5.82 Å². The molecule has 3 rings (SSSR count). The third-order valence-corrected chi connectivity index (χ3v) is 5.83. The largest absolute Gasteiger partial charge is 0.354 e. The van der Waals surface area contributed by atoms with Gasteiger partial charge in [0.1, 0.15) is 5.82 Å². The fourth-order valence-corrected chi connectivity index (χ4v) is 4.33. The van der Waals surface area contributed by atoms with Gasteiger partial charge in [-0.2, -0.15) is 11.8 Å². The molecule has 1 aromatic heterocycles. The number of amides is 1. The fourth-order valence-electron chi connectivity index (χ4n) is 3.58. The van der Waals surface area contributed by atoms with E-state index < -0.39 is 0 Å². The summed E-state index contributed by atoms with van der Waals surface area (Å²) in [6.07, 6.45) is 5.83. The van der Waals surface area contributed by atoms with Crippen molar-refractivity contribution in [3.63, 3.8) is 0 Å². The molecule has 132 valence electrons. The lowest BCUT2D eigenvalue weighted by Gasteiger charge is -2.35. The number of piperazine rings is 1. The van der Waals surface area contributed by atoms with Gasteiger partial charge in [-0.1, -0.05) is 6.07 Å². The Morgan fingerprint density at radius 2 is 2.08 bits per heavy atom. The van der Waals surface area contributed by atoms with E-state index in [0.717, 1.165) is 51.6 Å². The molecule has 0 radical (unpaired) electrons. The summed E-state index contributed by atoms with van der Waals surface area (Å²) in [4.78, 5) is 23.6. The number of pyridine rings is 1. The third-order valence-electron chi connectivity index (χ3n) is 5.03. The highest BCUT2D eigenvalue weighted by Gasteiger charge is 2.26. The molecular weight excluding hydrogens is 320 g/mol. The molecule has 2 aliphatic heterocycles. The maximum absolute atomic E-state index is 12.4. The standard InChI is InChI=1S/C18H28N4OS/c1-24-15-16-5-9-22(14-16)18(23)6-8-20-10-12-21(13-11-20)17-4-2-3-7-19-17/h2-4,7,16H,5-6,8-15H2,1H3. The number of hydrogen-bond acceptors (Lipinski definition) is 5. The highest BCUT2D eigenvalue weighted by atomic mass is 32.2. The molecule has 5 nitrogen and oxygen atoms in total. The molecule has 1 unspecified atom stereocenters. The van der Waals surface area contributed by atoms with Crippen LogP contribution in [-0.4, -0.2) is 78.5 Å². The molecule has 0 saturated carbocycles. The summed E-state index contributed by atoms with van der Waals surface area (Å²) in [5.74, 6) is 3.28. The molecule has 2 aliphatic rings. The van der Waals surface area contributed by atoms with E-state index in [1.54, 1.807) is 0 Å². The summed E-state index contributed by atoms with van der Waals surface area (Å²) in [5.41, 5.74) is 0. The van der Waals surface area contributed by atoms with Crippen LogP contribution in [0.25, 0.3) is 0 Å². The van der Waals surface area contributed by atoms with Gasteiger partial charge >= 0.3 is 0 Å². The Kier molecular flexibility index (Phi) is 6.37. The van der Waals surface area contributed by atoms with Crippen LogP contribution in [0.5, 0.6) is 0 Å². The van der Waals surface area contributed by atoms with Crippen molar-refractivity contribution in [3.8, 4) is 0 Å². The van der Waals surface area contributed by atoms with Gasteiger partial charge in [-0.25, -0.2) is 4.98 Å². The summed E-state index contributed by atoms with van der Waals surface area (Å²) < 4.78 is 0. The van der Waals surface area contributed by atoms with E-state index in [-0.39, 0.29) is 0 Å². The predicted molar refractivity (Wildman–Crippen MR) is 101 cm³/mol. The van der Waals surface area contributed by atoms with Crippen molar-refractivity contribution in [2.24, 2.45) is 5.92 Å². The average Bonchev–Trinajstić information content (AvgIpc) is 3.10. The lowest BCUT2D eigenvalue weighted by molar-refractivity contribution is -0.130. The Balaban J connectivity index is 1.37. The first kappa shape index (κ1) is 17.5.